The number of benzene rings is 1. The molecule has 0 saturated carbocycles. The van der Waals surface area contributed by atoms with Gasteiger partial charge in [0.25, 0.3) is 11.2 Å². The Labute approximate surface area is 226 Å². The number of aromatic nitrogens is 5. The molecule has 4 rings (SSSR count). The lowest BCUT2D eigenvalue weighted by molar-refractivity contribution is -0.384. The summed E-state index contributed by atoms with van der Waals surface area (Å²) in [7, 11) is 0. The number of fused-ring (bicyclic) bond motifs is 1. The monoisotopic (exact) mass is 533 g/mol. The van der Waals surface area contributed by atoms with E-state index < -0.39 is 10.6 Å². The molecule has 0 aliphatic rings. The predicted octanol–water partition coefficient (Wildman–Crippen LogP) is 3.77. The lowest BCUT2D eigenvalue weighted by Crippen LogP contribution is -2.41. The molecular weight excluding hydrogens is 498 g/mol. The summed E-state index contributed by atoms with van der Waals surface area (Å²) in [6.45, 7) is 10.3. The molecule has 1 aromatic carbocycles. The van der Waals surface area contributed by atoms with Crippen molar-refractivity contribution in [2.45, 2.75) is 66.2 Å². The van der Waals surface area contributed by atoms with Gasteiger partial charge in [0.15, 0.2) is 11.2 Å². The van der Waals surface area contributed by atoms with E-state index in [1.807, 2.05) is 23.6 Å². The van der Waals surface area contributed by atoms with Gasteiger partial charge in [-0.15, -0.1) is 0 Å². The van der Waals surface area contributed by atoms with Gasteiger partial charge in [0, 0.05) is 44.0 Å². The molecular formula is C28H35N7O4. The van der Waals surface area contributed by atoms with Gasteiger partial charge < -0.3 is 4.57 Å². The second kappa shape index (κ2) is 12.2. The number of rotatable bonds is 12. The van der Waals surface area contributed by atoms with Gasteiger partial charge in [0.1, 0.15) is 5.82 Å². The van der Waals surface area contributed by atoms with E-state index in [9.17, 15) is 19.7 Å². The first-order valence-corrected chi connectivity index (χ1v) is 13.4. The topological polar surface area (TPSA) is 121 Å². The van der Waals surface area contributed by atoms with Crippen molar-refractivity contribution in [1.29, 1.82) is 0 Å². The summed E-state index contributed by atoms with van der Waals surface area (Å²) in [4.78, 5) is 49.5. The Morgan fingerprint density at radius 1 is 1.00 bits per heavy atom. The van der Waals surface area contributed by atoms with Crippen molar-refractivity contribution in [3.63, 3.8) is 0 Å². The second-order valence-electron chi connectivity index (χ2n) is 9.53. The van der Waals surface area contributed by atoms with Crippen LogP contribution in [0.15, 0.2) is 58.4 Å². The number of imidazole rings is 1. The first-order valence-electron chi connectivity index (χ1n) is 13.4. The number of pyridine rings is 1. The van der Waals surface area contributed by atoms with Crippen LogP contribution in [0, 0.1) is 10.1 Å². The van der Waals surface area contributed by atoms with E-state index in [4.69, 9.17) is 4.98 Å². The van der Waals surface area contributed by atoms with E-state index in [0.29, 0.717) is 42.8 Å². The third-order valence-electron chi connectivity index (χ3n) is 7.15. The molecule has 3 aromatic heterocycles. The number of non-ortho nitro benzene ring substituents is 1. The molecule has 0 radical (unpaired) electrons. The summed E-state index contributed by atoms with van der Waals surface area (Å²) in [5.74, 6) is 0.687. The lowest BCUT2D eigenvalue weighted by Gasteiger charge is -2.29. The zero-order valence-electron chi connectivity index (χ0n) is 22.9. The van der Waals surface area contributed by atoms with E-state index in [1.165, 1.54) is 16.7 Å². The van der Waals surface area contributed by atoms with Gasteiger partial charge in [0.05, 0.1) is 11.1 Å². The Bertz CT molecular complexity index is 1550. The minimum atomic E-state index is -0.439. The number of hydrogen-bond donors (Lipinski definition) is 0. The van der Waals surface area contributed by atoms with Gasteiger partial charge in [-0.1, -0.05) is 39.0 Å². The van der Waals surface area contributed by atoms with Crippen LogP contribution in [0.4, 0.5) is 5.69 Å². The maximum atomic E-state index is 13.9. The molecule has 0 bridgehead atoms. The smallest absolute Gasteiger partial charge is 0.306 e. The Morgan fingerprint density at radius 2 is 1.72 bits per heavy atom. The molecule has 206 valence electrons. The van der Waals surface area contributed by atoms with E-state index in [-0.39, 0.29) is 24.0 Å². The van der Waals surface area contributed by atoms with Crippen molar-refractivity contribution in [2.24, 2.45) is 0 Å². The van der Waals surface area contributed by atoms with Crippen molar-refractivity contribution in [3.8, 4) is 0 Å². The summed E-state index contributed by atoms with van der Waals surface area (Å²) in [6.07, 6.45) is 4.87. The fourth-order valence-corrected chi connectivity index (χ4v) is 5.08. The SMILES string of the molecule is CCCn1c(=O)c2c(nc(Cc3cccnc3)n2C(C)N(CC)CC)n(CCc2ccc([N+](=O)[O-])cc2)c1=O. The standard InChI is InChI=1S/C28H35N7O4/c1-5-16-33-27(36)25-26(32(28(33)37)17-14-21-10-12-23(13-11-21)35(38)39)30-24(18-22-9-8-15-29-19-22)34(25)20(4)31(6-2)7-3/h8-13,15,19-20H,5-7,14,16-18H2,1-4H3. The highest BCUT2D eigenvalue weighted by Gasteiger charge is 2.26. The van der Waals surface area contributed by atoms with Crippen LogP contribution in [0.2, 0.25) is 0 Å². The summed E-state index contributed by atoms with van der Waals surface area (Å²) < 4.78 is 4.86. The molecule has 0 amide bonds. The molecule has 11 nitrogen and oxygen atoms in total. The van der Waals surface area contributed by atoms with Crippen LogP contribution < -0.4 is 11.2 Å². The van der Waals surface area contributed by atoms with Crippen LogP contribution in [0.1, 0.15) is 57.2 Å². The molecule has 3 heterocycles. The van der Waals surface area contributed by atoms with Crippen molar-refractivity contribution >= 4 is 16.9 Å². The average molecular weight is 534 g/mol. The molecule has 1 unspecified atom stereocenters. The van der Waals surface area contributed by atoms with Gasteiger partial charge in [-0.2, -0.15) is 0 Å². The molecule has 11 heteroatoms. The quantitative estimate of drug-likeness (QED) is 0.201. The van der Waals surface area contributed by atoms with Gasteiger partial charge in [-0.05, 0) is 50.0 Å². The zero-order valence-corrected chi connectivity index (χ0v) is 22.9. The van der Waals surface area contributed by atoms with Crippen molar-refractivity contribution in [3.05, 3.63) is 96.7 Å². The maximum absolute atomic E-state index is 13.9. The Balaban J connectivity index is 1.91. The summed E-state index contributed by atoms with van der Waals surface area (Å²) in [5.41, 5.74) is 1.84. The molecule has 0 aliphatic carbocycles. The minimum absolute atomic E-state index is 0.0129. The first-order chi connectivity index (χ1) is 18.8. The highest BCUT2D eigenvalue weighted by atomic mass is 16.6. The van der Waals surface area contributed by atoms with Crippen molar-refractivity contribution in [1.82, 2.24) is 28.6 Å². The van der Waals surface area contributed by atoms with Crippen LogP contribution in [0.3, 0.4) is 0 Å². The molecule has 0 N–H and O–H groups in total. The third kappa shape index (κ3) is 5.68. The predicted molar refractivity (Wildman–Crippen MR) is 150 cm³/mol. The minimum Gasteiger partial charge on any atom is -0.306 e. The highest BCUT2D eigenvalue weighted by Crippen LogP contribution is 2.23. The van der Waals surface area contributed by atoms with Gasteiger partial charge in [-0.3, -0.25) is 33.9 Å². The Morgan fingerprint density at radius 3 is 2.31 bits per heavy atom. The first kappa shape index (κ1) is 27.9. The largest absolute Gasteiger partial charge is 0.332 e. The van der Waals surface area contributed by atoms with Crippen molar-refractivity contribution in [2.75, 3.05) is 13.1 Å². The van der Waals surface area contributed by atoms with Crippen LogP contribution in [-0.2, 0) is 25.9 Å². The summed E-state index contributed by atoms with van der Waals surface area (Å²) in [6, 6.07) is 10.1. The molecule has 39 heavy (non-hydrogen) atoms. The fourth-order valence-electron chi connectivity index (χ4n) is 5.08. The number of aryl methyl sites for hydroxylation is 2. The molecule has 0 saturated heterocycles. The van der Waals surface area contributed by atoms with E-state index >= 15 is 0 Å². The maximum Gasteiger partial charge on any atom is 0.332 e. The van der Waals surface area contributed by atoms with Crippen LogP contribution in [0.5, 0.6) is 0 Å². The Kier molecular flexibility index (Phi) is 8.70. The summed E-state index contributed by atoms with van der Waals surface area (Å²) >= 11 is 0. The van der Waals surface area contributed by atoms with E-state index in [0.717, 1.165) is 24.2 Å². The molecule has 0 fully saturated rings. The van der Waals surface area contributed by atoms with Crippen molar-refractivity contribution < 1.29 is 4.92 Å². The third-order valence-corrected chi connectivity index (χ3v) is 7.15. The highest BCUT2D eigenvalue weighted by molar-refractivity contribution is 5.71. The van der Waals surface area contributed by atoms with Gasteiger partial charge >= 0.3 is 5.69 Å². The zero-order chi connectivity index (χ0) is 28.1. The Hall–Kier alpha value is -4.12. The number of nitro groups is 1. The summed E-state index contributed by atoms with van der Waals surface area (Å²) in [5, 5.41) is 11.0. The molecule has 4 aromatic rings. The number of hydrogen-bond acceptors (Lipinski definition) is 7. The average Bonchev–Trinajstić information content (AvgIpc) is 3.31. The molecule has 0 spiro atoms. The van der Waals surface area contributed by atoms with Crippen LogP contribution >= 0.6 is 0 Å². The normalized spacial score (nSPS) is 12.3. The number of nitro benzene ring substituents is 1. The second-order valence-corrected chi connectivity index (χ2v) is 9.53. The van der Waals surface area contributed by atoms with E-state index in [2.05, 4.69) is 30.7 Å². The number of nitrogens with zero attached hydrogens (tertiary/aromatic N) is 7. The van der Waals surface area contributed by atoms with Crippen LogP contribution in [-0.4, -0.2) is 46.6 Å². The molecule has 0 aliphatic heterocycles. The van der Waals surface area contributed by atoms with E-state index in [1.54, 1.807) is 29.1 Å². The fraction of sp³-hybridized carbons (Fsp3) is 0.429. The van der Waals surface area contributed by atoms with Gasteiger partial charge in [0.2, 0.25) is 0 Å². The molecule has 1 atom stereocenters. The van der Waals surface area contributed by atoms with Gasteiger partial charge in [-0.25, -0.2) is 9.78 Å². The lowest BCUT2D eigenvalue weighted by atomic mass is 10.1. The van der Waals surface area contributed by atoms with Crippen LogP contribution in [0.25, 0.3) is 11.2 Å².